The van der Waals surface area contributed by atoms with E-state index in [4.69, 9.17) is 4.74 Å². The summed E-state index contributed by atoms with van der Waals surface area (Å²) in [4.78, 5) is 26.6. The van der Waals surface area contributed by atoms with Crippen LogP contribution in [0.1, 0.15) is 22.1 Å². The van der Waals surface area contributed by atoms with Crippen molar-refractivity contribution in [2.45, 2.75) is 18.3 Å². The molecule has 0 saturated heterocycles. The summed E-state index contributed by atoms with van der Waals surface area (Å²) in [7, 11) is 3.04. The van der Waals surface area contributed by atoms with Gasteiger partial charge >= 0.3 is 0 Å². The number of aromatic nitrogens is 1. The lowest BCUT2D eigenvalue weighted by atomic mass is 9.96. The van der Waals surface area contributed by atoms with E-state index in [1.54, 1.807) is 30.1 Å². The van der Waals surface area contributed by atoms with E-state index in [0.29, 0.717) is 0 Å². The number of ether oxygens (including phenoxy) is 1. The Morgan fingerprint density at radius 2 is 1.81 bits per heavy atom. The molecule has 7 heteroatoms. The third kappa shape index (κ3) is 2.24. The van der Waals surface area contributed by atoms with Crippen LogP contribution in [0.5, 0.6) is 5.75 Å². The SMILES string of the molecule is COc1c2n(ccc1=O)N1[C@H](c3ccccc3)[C@@H](O)C=C[C@H]1N(C)C2=O. The highest BCUT2D eigenvalue weighted by Gasteiger charge is 2.44. The summed E-state index contributed by atoms with van der Waals surface area (Å²) in [5, 5.41) is 12.6. The molecule has 0 aliphatic carbocycles. The number of fused-ring (bicyclic) bond motifs is 3. The zero-order valence-corrected chi connectivity index (χ0v) is 14.4. The van der Waals surface area contributed by atoms with Crippen LogP contribution in [0.25, 0.3) is 0 Å². The van der Waals surface area contributed by atoms with Crippen LogP contribution in [0.3, 0.4) is 0 Å². The molecule has 0 spiro atoms. The Morgan fingerprint density at radius 3 is 2.50 bits per heavy atom. The van der Waals surface area contributed by atoms with Gasteiger partial charge in [-0.15, -0.1) is 0 Å². The first-order valence-electron chi connectivity index (χ1n) is 8.31. The van der Waals surface area contributed by atoms with Gasteiger partial charge in [0, 0.05) is 19.3 Å². The third-order valence-corrected chi connectivity index (χ3v) is 4.91. The maximum absolute atomic E-state index is 12.9. The van der Waals surface area contributed by atoms with Crippen LogP contribution in [0, 0.1) is 0 Å². The highest BCUT2D eigenvalue weighted by molar-refractivity contribution is 5.96. The summed E-state index contributed by atoms with van der Waals surface area (Å²) in [5.74, 6) is -0.313. The summed E-state index contributed by atoms with van der Waals surface area (Å²) >= 11 is 0. The Balaban J connectivity index is 1.97. The number of carbonyl (C=O) groups is 1. The molecule has 7 nitrogen and oxygen atoms in total. The first-order chi connectivity index (χ1) is 12.5. The molecule has 2 aliphatic heterocycles. The second-order valence-electron chi connectivity index (χ2n) is 6.35. The number of pyridine rings is 1. The number of hydrogen-bond acceptors (Lipinski definition) is 5. The highest BCUT2D eigenvalue weighted by atomic mass is 16.5. The molecule has 1 amide bonds. The molecule has 2 aliphatic rings. The summed E-state index contributed by atoms with van der Waals surface area (Å²) in [6.07, 6.45) is 3.88. The van der Waals surface area contributed by atoms with Crippen LogP contribution >= 0.6 is 0 Å². The maximum Gasteiger partial charge on any atom is 0.278 e. The molecule has 0 unspecified atom stereocenters. The van der Waals surface area contributed by atoms with E-state index in [1.165, 1.54) is 18.1 Å². The van der Waals surface area contributed by atoms with Crippen molar-refractivity contribution in [3.63, 3.8) is 0 Å². The van der Waals surface area contributed by atoms with Crippen molar-refractivity contribution in [2.24, 2.45) is 0 Å². The quantitative estimate of drug-likeness (QED) is 0.812. The zero-order chi connectivity index (χ0) is 18.4. The molecule has 4 rings (SSSR count). The molecule has 3 atom stereocenters. The Labute approximate surface area is 150 Å². The molecule has 2 aromatic rings. The fraction of sp³-hybridized carbons (Fsp3) is 0.263. The van der Waals surface area contributed by atoms with Gasteiger partial charge in [0.2, 0.25) is 5.43 Å². The Morgan fingerprint density at radius 1 is 1.08 bits per heavy atom. The number of carbonyl (C=O) groups excluding carboxylic acids is 1. The van der Waals surface area contributed by atoms with E-state index in [1.807, 2.05) is 35.3 Å². The molecule has 1 aromatic heterocycles. The third-order valence-electron chi connectivity index (χ3n) is 4.91. The van der Waals surface area contributed by atoms with Crippen LogP contribution in [0.2, 0.25) is 0 Å². The Bertz CT molecular complexity index is 938. The van der Waals surface area contributed by atoms with Gasteiger partial charge in [-0.1, -0.05) is 36.4 Å². The van der Waals surface area contributed by atoms with Gasteiger partial charge in [-0.05, 0) is 11.6 Å². The van der Waals surface area contributed by atoms with Gasteiger partial charge in [0.15, 0.2) is 11.4 Å². The minimum atomic E-state index is -0.770. The largest absolute Gasteiger partial charge is 0.491 e. The lowest BCUT2D eigenvalue weighted by Crippen LogP contribution is -2.63. The molecule has 0 bridgehead atoms. The number of aliphatic hydroxyl groups excluding tert-OH is 1. The van der Waals surface area contributed by atoms with E-state index >= 15 is 0 Å². The van der Waals surface area contributed by atoms with Gasteiger partial charge in [-0.2, -0.15) is 0 Å². The number of benzene rings is 1. The first kappa shape index (κ1) is 16.4. The van der Waals surface area contributed by atoms with Crippen LogP contribution in [0.15, 0.2) is 59.5 Å². The number of nitrogens with zero attached hydrogens (tertiary/aromatic N) is 3. The van der Waals surface area contributed by atoms with Crippen LogP contribution < -0.4 is 15.2 Å². The minimum absolute atomic E-state index is 0.00125. The first-order valence-corrected chi connectivity index (χ1v) is 8.31. The van der Waals surface area contributed by atoms with Gasteiger partial charge in [-0.3, -0.25) is 19.3 Å². The molecule has 3 heterocycles. The van der Waals surface area contributed by atoms with E-state index in [2.05, 4.69) is 0 Å². The van der Waals surface area contributed by atoms with Gasteiger partial charge < -0.3 is 14.7 Å². The van der Waals surface area contributed by atoms with E-state index < -0.39 is 18.3 Å². The number of methoxy groups -OCH3 is 1. The number of rotatable bonds is 2. The van der Waals surface area contributed by atoms with E-state index in [9.17, 15) is 14.7 Å². The second-order valence-corrected chi connectivity index (χ2v) is 6.35. The van der Waals surface area contributed by atoms with Gasteiger partial charge in [0.05, 0.1) is 13.2 Å². The summed E-state index contributed by atoms with van der Waals surface area (Å²) in [5.41, 5.74) is 0.700. The van der Waals surface area contributed by atoms with Crippen molar-refractivity contribution in [2.75, 3.05) is 19.2 Å². The lowest BCUT2D eigenvalue weighted by molar-refractivity contribution is 0.0590. The standard InChI is InChI=1S/C19H19N3O4/c1-20-15-9-8-13(23)16(12-6-4-3-5-7-12)22(15)21-11-10-14(24)18(26-2)17(21)19(20)25/h3-11,13,15-16,23H,1-2H3/t13-,15-,16+/m0/s1. The second kappa shape index (κ2) is 6.03. The van der Waals surface area contributed by atoms with Crippen molar-refractivity contribution in [3.8, 4) is 5.75 Å². The molecule has 1 aromatic carbocycles. The normalized spacial score (nSPS) is 24.3. The predicted molar refractivity (Wildman–Crippen MR) is 95.7 cm³/mol. The van der Waals surface area contributed by atoms with Crippen LogP contribution in [0.4, 0.5) is 0 Å². The van der Waals surface area contributed by atoms with E-state index in [0.717, 1.165) is 5.56 Å². The van der Waals surface area contributed by atoms with Crippen molar-refractivity contribution in [1.82, 2.24) is 9.58 Å². The highest BCUT2D eigenvalue weighted by Crippen LogP contribution is 2.35. The summed E-state index contributed by atoms with van der Waals surface area (Å²) in [6.45, 7) is 0. The number of likely N-dealkylation sites (N-methyl/N-ethyl adjacent to an activating group) is 1. The minimum Gasteiger partial charge on any atom is -0.491 e. The van der Waals surface area contributed by atoms with Crippen molar-refractivity contribution >= 4 is 5.91 Å². The smallest absolute Gasteiger partial charge is 0.278 e. The summed E-state index contributed by atoms with van der Waals surface area (Å²) in [6, 6.07) is 10.5. The number of amides is 1. The summed E-state index contributed by atoms with van der Waals surface area (Å²) < 4.78 is 6.84. The van der Waals surface area contributed by atoms with Crippen molar-refractivity contribution in [3.05, 3.63) is 76.2 Å². The average Bonchev–Trinajstić information content (AvgIpc) is 2.66. The average molecular weight is 353 g/mol. The molecule has 0 fully saturated rings. The Kier molecular flexibility index (Phi) is 3.81. The van der Waals surface area contributed by atoms with Gasteiger partial charge in [-0.25, -0.2) is 0 Å². The maximum atomic E-state index is 12.9. The van der Waals surface area contributed by atoms with Crippen molar-refractivity contribution in [1.29, 1.82) is 0 Å². The lowest BCUT2D eigenvalue weighted by Gasteiger charge is -2.50. The zero-order valence-electron chi connectivity index (χ0n) is 14.4. The molecule has 26 heavy (non-hydrogen) atoms. The molecule has 134 valence electrons. The molecule has 1 N–H and O–H groups in total. The number of aliphatic hydroxyl groups is 1. The topological polar surface area (TPSA) is 75.0 Å². The van der Waals surface area contributed by atoms with Crippen LogP contribution in [-0.2, 0) is 0 Å². The fourth-order valence-electron chi connectivity index (χ4n) is 3.68. The van der Waals surface area contributed by atoms with Gasteiger partial charge in [0.1, 0.15) is 12.2 Å². The van der Waals surface area contributed by atoms with E-state index in [-0.39, 0.29) is 22.8 Å². The van der Waals surface area contributed by atoms with Crippen molar-refractivity contribution < 1.29 is 14.6 Å². The monoisotopic (exact) mass is 353 g/mol. The fourth-order valence-corrected chi connectivity index (χ4v) is 3.68. The number of hydrogen-bond donors (Lipinski definition) is 1. The van der Waals surface area contributed by atoms with Crippen LogP contribution in [-0.4, -0.2) is 47.0 Å². The van der Waals surface area contributed by atoms with Gasteiger partial charge in [0.25, 0.3) is 5.91 Å². The predicted octanol–water partition coefficient (Wildman–Crippen LogP) is 0.879. The molecular formula is C19H19N3O4. The molecular weight excluding hydrogens is 334 g/mol. The Hall–Kier alpha value is -3.06. The molecule has 0 saturated carbocycles. The molecule has 0 radical (unpaired) electrons.